The zero-order valence-corrected chi connectivity index (χ0v) is 14.5. The number of ether oxygens (including phenoxy) is 1. The van der Waals surface area contributed by atoms with Gasteiger partial charge in [0.25, 0.3) is 0 Å². The van der Waals surface area contributed by atoms with Gasteiger partial charge in [-0.2, -0.15) is 4.31 Å². The maximum absolute atomic E-state index is 12.9. The summed E-state index contributed by atoms with van der Waals surface area (Å²) in [6.07, 6.45) is 2.07. The van der Waals surface area contributed by atoms with E-state index in [1.807, 2.05) is 11.8 Å². The number of hydrogen-bond acceptors (Lipinski definition) is 4. The average Bonchev–Trinajstić information content (AvgIpc) is 3.33. The average molecular weight is 338 g/mol. The van der Waals surface area contributed by atoms with E-state index in [1.54, 1.807) is 26.2 Å². The minimum Gasteiger partial charge on any atom is -0.496 e. The lowest BCUT2D eigenvalue weighted by atomic mass is 10.1. The molecule has 0 atom stereocenters. The number of sulfonamides is 1. The van der Waals surface area contributed by atoms with Gasteiger partial charge in [0.2, 0.25) is 15.9 Å². The number of rotatable bonds is 4. The number of benzene rings is 1. The summed E-state index contributed by atoms with van der Waals surface area (Å²) in [7, 11) is -2.11. The fourth-order valence-corrected chi connectivity index (χ4v) is 4.71. The molecular formula is C16H22N2O4S. The highest BCUT2D eigenvalue weighted by atomic mass is 32.2. The summed E-state index contributed by atoms with van der Waals surface area (Å²) in [5.74, 6) is 0.571. The molecule has 2 fully saturated rings. The van der Waals surface area contributed by atoms with Crippen LogP contribution < -0.4 is 4.74 Å². The summed E-state index contributed by atoms with van der Waals surface area (Å²) in [5, 5.41) is 0. The highest BCUT2D eigenvalue weighted by Crippen LogP contribution is 2.31. The first kappa shape index (κ1) is 16.3. The molecule has 0 radical (unpaired) electrons. The molecule has 1 aliphatic carbocycles. The van der Waals surface area contributed by atoms with Gasteiger partial charge in [-0.15, -0.1) is 0 Å². The zero-order chi connectivity index (χ0) is 16.8. The minimum atomic E-state index is -3.67. The molecule has 7 heteroatoms. The molecule has 0 spiro atoms. The molecule has 0 bridgehead atoms. The summed E-state index contributed by atoms with van der Waals surface area (Å²) in [5.41, 5.74) is 1.39. The van der Waals surface area contributed by atoms with Gasteiger partial charge in [0.15, 0.2) is 0 Å². The normalized spacial score (nSPS) is 20.0. The van der Waals surface area contributed by atoms with Crippen LogP contribution in [-0.4, -0.2) is 56.3 Å². The minimum absolute atomic E-state index is 0.0661. The number of methoxy groups -OCH3 is 1. The molecule has 2 aliphatic rings. The van der Waals surface area contributed by atoms with E-state index in [1.165, 1.54) is 4.31 Å². The Morgan fingerprint density at radius 3 is 2.39 bits per heavy atom. The van der Waals surface area contributed by atoms with E-state index >= 15 is 0 Å². The number of hydrogen-bond donors (Lipinski definition) is 0. The van der Waals surface area contributed by atoms with Crippen molar-refractivity contribution in [2.45, 2.75) is 37.6 Å². The second kappa shape index (κ2) is 5.79. The van der Waals surface area contributed by atoms with Crippen LogP contribution in [0.5, 0.6) is 5.75 Å². The van der Waals surface area contributed by atoms with Gasteiger partial charge in [-0.1, -0.05) is 0 Å². The number of piperazine rings is 1. The molecule has 1 aromatic rings. The van der Waals surface area contributed by atoms with E-state index in [2.05, 4.69) is 0 Å². The molecule has 0 aromatic heterocycles. The molecule has 126 valence electrons. The van der Waals surface area contributed by atoms with Gasteiger partial charge in [0.1, 0.15) is 5.75 Å². The van der Waals surface area contributed by atoms with Crippen LogP contribution in [0.4, 0.5) is 0 Å². The number of carbonyl (C=O) groups is 1. The summed E-state index contributed by atoms with van der Waals surface area (Å²) in [6.45, 7) is 4.33. The first-order valence-electron chi connectivity index (χ1n) is 7.79. The van der Waals surface area contributed by atoms with Crippen LogP contribution in [0.15, 0.2) is 17.0 Å². The molecule has 3 rings (SSSR count). The quantitative estimate of drug-likeness (QED) is 0.830. The van der Waals surface area contributed by atoms with E-state index in [0.29, 0.717) is 30.4 Å². The lowest BCUT2D eigenvalue weighted by molar-refractivity contribution is -0.134. The summed E-state index contributed by atoms with van der Waals surface area (Å²) in [4.78, 5) is 14.3. The van der Waals surface area contributed by atoms with Crippen LogP contribution in [0.2, 0.25) is 0 Å². The Bertz CT molecular complexity index is 741. The van der Waals surface area contributed by atoms with E-state index in [4.69, 9.17) is 4.74 Å². The zero-order valence-electron chi connectivity index (χ0n) is 13.7. The second-order valence-electron chi connectivity index (χ2n) is 6.24. The van der Waals surface area contributed by atoms with E-state index < -0.39 is 10.0 Å². The fraction of sp³-hybridized carbons (Fsp3) is 0.562. The molecule has 23 heavy (non-hydrogen) atoms. The van der Waals surface area contributed by atoms with Crippen molar-refractivity contribution in [3.63, 3.8) is 0 Å². The standard InChI is InChI=1S/C16H22N2O4S/c1-11-9-15(12(2)8-14(11)22-3)23(20,21)17-6-7-18(13-4-5-13)16(19)10-17/h8-9,13H,4-7,10H2,1-3H3. The van der Waals surface area contributed by atoms with Crippen molar-refractivity contribution in [1.29, 1.82) is 0 Å². The predicted octanol–water partition coefficient (Wildman–Crippen LogP) is 1.31. The van der Waals surface area contributed by atoms with Gasteiger partial charge in [-0.25, -0.2) is 8.42 Å². The fourth-order valence-electron chi connectivity index (χ4n) is 3.04. The third kappa shape index (κ3) is 2.95. The van der Waals surface area contributed by atoms with Crippen LogP contribution in [-0.2, 0) is 14.8 Å². The topological polar surface area (TPSA) is 66.9 Å². The molecule has 1 aromatic carbocycles. The molecule has 1 heterocycles. The van der Waals surface area contributed by atoms with E-state index in [-0.39, 0.29) is 17.3 Å². The van der Waals surface area contributed by atoms with Crippen LogP contribution >= 0.6 is 0 Å². The van der Waals surface area contributed by atoms with Gasteiger partial charge in [-0.3, -0.25) is 4.79 Å². The van der Waals surface area contributed by atoms with Gasteiger partial charge < -0.3 is 9.64 Å². The number of amides is 1. The largest absolute Gasteiger partial charge is 0.496 e. The third-order valence-corrected chi connectivity index (χ3v) is 6.51. The predicted molar refractivity (Wildman–Crippen MR) is 86.0 cm³/mol. The van der Waals surface area contributed by atoms with Crippen molar-refractivity contribution in [1.82, 2.24) is 9.21 Å². The molecule has 6 nitrogen and oxygen atoms in total. The van der Waals surface area contributed by atoms with Crippen LogP contribution in [0.3, 0.4) is 0 Å². The van der Waals surface area contributed by atoms with Gasteiger partial charge in [0.05, 0.1) is 18.6 Å². The molecule has 1 aliphatic heterocycles. The summed E-state index contributed by atoms with van der Waals surface area (Å²) in [6, 6.07) is 3.68. The van der Waals surface area contributed by atoms with Crippen LogP contribution in [0, 0.1) is 13.8 Å². The number of nitrogens with zero attached hydrogens (tertiary/aromatic N) is 2. The lowest BCUT2D eigenvalue weighted by Crippen LogP contribution is -2.52. The Morgan fingerprint density at radius 1 is 1.13 bits per heavy atom. The summed E-state index contributed by atoms with van der Waals surface area (Å²) < 4.78 is 32.4. The Morgan fingerprint density at radius 2 is 1.83 bits per heavy atom. The highest BCUT2D eigenvalue weighted by molar-refractivity contribution is 7.89. The molecule has 0 N–H and O–H groups in total. The van der Waals surface area contributed by atoms with Gasteiger partial charge in [-0.05, 0) is 49.9 Å². The molecule has 1 saturated carbocycles. The molecule has 1 amide bonds. The smallest absolute Gasteiger partial charge is 0.243 e. The Hall–Kier alpha value is -1.60. The first-order chi connectivity index (χ1) is 10.8. The number of aryl methyl sites for hydroxylation is 2. The monoisotopic (exact) mass is 338 g/mol. The summed E-state index contributed by atoms with van der Waals surface area (Å²) >= 11 is 0. The maximum Gasteiger partial charge on any atom is 0.243 e. The van der Waals surface area contributed by atoms with Crippen LogP contribution in [0.25, 0.3) is 0 Å². The Balaban J connectivity index is 1.87. The van der Waals surface area contributed by atoms with Crippen molar-refractivity contribution in [3.05, 3.63) is 23.3 Å². The highest BCUT2D eigenvalue weighted by Gasteiger charge is 2.39. The molecule has 1 saturated heterocycles. The lowest BCUT2D eigenvalue weighted by Gasteiger charge is -2.34. The Kier molecular flexibility index (Phi) is 4.10. The van der Waals surface area contributed by atoms with Crippen molar-refractivity contribution in [2.24, 2.45) is 0 Å². The SMILES string of the molecule is COc1cc(C)c(S(=O)(=O)N2CCN(C3CC3)C(=O)C2)cc1C. The number of carbonyl (C=O) groups excluding carboxylic acids is 1. The van der Waals surface area contributed by atoms with Crippen molar-refractivity contribution >= 4 is 15.9 Å². The van der Waals surface area contributed by atoms with Crippen molar-refractivity contribution in [3.8, 4) is 5.75 Å². The molecule has 0 unspecified atom stereocenters. The first-order valence-corrected chi connectivity index (χ1v) is 9.23. The van der Waals surface area contributed by atoms with Gasteiger partial charge in [0, 0.05) is 19.1 Å². The van der Waals surface area contributed by atoms with Crippen molar-refractivity contribution in [2.75, 3.05) is 26.7 Å². The van der Waals surface area contributed by atoms with E-state index in [0.717, 1.165) is 18.4 Å². The third-order valence-electron chi connectivity index (χ3n) is 4.52. The Labute approximate surface area is 137 Å². The van der Waals surface area contributed by atoms with Gasteiger partial charge >= 0.3 is 0 Å². The van der Waals surface area contributed by atoms with Crippen LogP contribution in [0.1, 0.15) is 24.0 Å². The van der Waals surface area contributed by atoms with Crippen molar-refractivity contribution < 1.29 is 17.9 Å². The second-order valence-corrected chi connectivity index (χ2v) is 8.15. The maximum atomic E-state index is 12.9. The van der Waals surface area contributed by atoms with E-state index in [9.17, 15) is 13.2 Å². The molecular weight excluding hydrogens is 316 g/mol.